The summed E-state index contributed by atoms with van der Waals surface area (Å²) in [5.41, 5.74) is 9.09. The number of benzene rings is 2. The molecule has 0 saturated carbocycles. The Balaban J connectivity index is 2.48. The van der Waals surface area contributed by atoms with Crippen molar-refractivity contribution in [1.29, 1.82) is 0 Å². The summed E-state index contributed by atoms with van der Waals surface area (Å²) in [6.45, 7) is 21.0. The molecule has 2 aromatic carbocycles. The van der Waals surface area contributed by atoms with Gasteiger partial charge in [-0.05, 0) is 77.3 Å². The van der Waals surface area contributed by atoms with Gasteiger partial charge in [-0.2, -0.15) is 0 Å². The van der Waals surface area contributed by atoms with Gasteiger partial charge in [-0.3, -0.25) is 0 Å². The first kappa shape index (κ1) is 19.8. The Labute approximate surface area is 155 Å². The van der Waals surface area contributed by atoms with E-state index in [0.717, 1.165) is 6.42 Å². The predicted octanol–water partition coefficient (Wildman–Crippen LogP) is 7.38. The molecule has 0 aromatic heterocycles. The second-order valence-electron chi connectivity index (χ2n) is 9.44. The summed E-state index contributed by atoms with van der Waals surface area (Å²) in [7, 11) is 0. The van der Waals surface area contributed by atoms with Crippen LogP contribution in [0.3, 0.4) is 0 Å². The average Bonchev–Trinajstić information content (AvgIpc) is 2.49. The SMILES string of the molecule is Cc1ccc(Cc2cccc(C)c2C(C)C(C)(C)C(C)(C)C)cc1C. The Kier molecular flexibility index (Phi) is 5.52. The molecule has 0 heteroatoms. The van der Waals surface area contributed by atoms with E-state index in [1.165, 1.54) is 27.8 Å². The molecule has 25 heavy (non-hydrogen) atoms. The highest BCUT2D eigenvalue weighted by Gasteiger charge is 2.39. The topological polar surface area (TPSA) is 0 Å². The molecular formula is C25H36. The third-order valence-corrected chi connectivity index (χ3v) is 6.83. The molecule has 2 rings (SSSR count). The van der Waals surface area contributed by atoms with E-state index in [1.807, 2.05) is 0 Å². The van der Waals surface area contributed by atoms with Crippen molar-refractivity contribution in [3.8, 4) is 0 Å². The molecule has 0 saturated heterocycles. The summed E-state index contributed by atoms with van der Waals surface area (Å²) in [4.78, 5) is 0. The lowest BCUT2D eigenvalue weighted by Gasteiger charge is -2.45. The first-order valence-corrected chi connectivity index (χ1v) is 9.59. The lowest BCUT2D eigenvalue weighted by Crippen LogP contribution is -2.35. The second-order valence-corrected chi connectivity index (χ2v) is 9.44. The van der Waals surface area contributed by atoms with Crippen LogP contribution in [0.5, 0.6) is 0 Å². The quantitative estimate of drug-likeness (QED) is 0.546. The third-order valence-electron chi connectivity index (χ3n) is 6.83. The van der Waals surface area contributed by atoms with Gasteiger partial charge in [0.2, 0.25) is 0 Å². The fraction of sp³-hybridized carbons (Fsp3) is 0.520. The van der Waals surface area contributed by atoms with Gasteiger partial charge in [0.15, 0.2) is 0 Å². The minimum atomic E-state index is 0.219. The molecule has 1 atom stereocenters. The molecule has 0 nitrogen and oxygen atoms in total. The van der Waals surface area contributed by atoms with Crippen molar-refractivity contribution < 1.29 is 0 Å². The molecule has 0 aliphatic carbocycles. The summed E-state index contributed by atoms with van der Waals surface area (Å²) >= 11 is 0. The molecular weight excluding hydrogens is 300 g/mol. The summed E-state index contributed by atoms with van der Waals surface area (Å²) < 4.78 is 0. The zero-order valence-corrected chi connectivity index (χ0v) is 17.7. The molecule has 0 N–H and O–H groups in total. The number of aryl methyl sites for hydroxylation is 3. The third kappa shape index (κ3) is 4.00. The van der Waals surface area contributed by atoms with E-state index in [9.17, 15) is 0 Å². The van der Waals surface area contributed by atoms with Gasteiger partial charge in [-0.25, -0.2) is 0 Å². The van der Waals surface area contributed by atoms with Crippen LogP contribution in [0.15, 0.2) is 36.4 Å². The standard InChI is InChI=1S/C25H36/c1-17-13-14-21(15-19(17)3)16-22-12-10-11-18(2)23(22)20(4)25(8,9)24(5,6)7/h10-15,20H,16H2,1-9H3. The van der Waals surface area contributed by atoms with E-state index in [-0.39, 0.29) is 10.8 Å². The first-order valence-electron chi connectivity index (χ1n) is 9.59. The van der Waals surface area contributed by atoms with E-state index in [1.54, 1.807) is 5.56 Å². The van der Waals surface area contributed by atoms with Gasteiger partial charge in [0.25, 0.3) is 0 Å². The second kappa shape index (κ2) is 6.98. The summed E-state index contributed by atoms with van der Waals surface area (Å²) in [5.74, 6) is 0.509. The first-order chi connectivity index (χ1) is 11.4. The summed E-state index contributed by atoms with van der Waals surface area (Å²) in [6, 6.07) is 13.7. The monoisotopic (exact) mass is 336 g/mol. The molecule has 0 aliphatic heterocycles. The highest BCUT2D eigenvalue weighted by Crippen LogP contribution is 2.49. The normalized spacial score (nSPS) is 13.8. The molecule has 0 fully saturated rings. The zero-order valence-electron chi connectivity index (χ0n) is 17.7. The van der Waals surface area contributed by atoms with Crippen molar-refractivity contribution in [3.63, 3.8) is 0 Å². The van der Waals surface area contributed by atoms with Crippen LogP contribution in [-0.2, 0) is 6.42 Å². The van der Waals surface area contributed by atoms with Crippen molar-refractivity contribution in [2.75, 3.05) is 0 Å². The van der Waals surface area contributed by atoms with E-state index in [2.05, 4.69) is 98.7 Å². The summed E-state index contributed by atoms with van der Waals surface area (Å²) in [6.07, 6.45) is 1.02. The molecule has 0 amide bonds. The van der Waals surface area contributed by atoms with E-state index in [4.69, 9.17) is 0 Å². The largest absolute Gasteiger partial charge is 0.0617 e. The van der Waals surface area contributed by atoms with Crippen molar-refractivity contribution in [3.05, 3.63) is 69.8 Å². The maximum Gasteiger partial charge on any atom is -0.00227 e. The smallest absolute Gasteiger partial charge is 0.00227 e. The Morgan fingerprint density at radius 1 is 0.800 bits per heavy atom. The maximum absolute atomic E-state index is 2.42. The van der Waals surface area contributed by atoms with Crippen LogP contribution in [0.1, 0.15) is 80.8 Å². The average molecular weight is 337 g/mol. The number of hydrogen-bond acceptors (Lipinski definition) is 0. The van der Waals surface area contributed by atoms with Gasteiger partial charge in [0.1, 0.15) is 0 Å². The van der Waals surface area contributed by atoms with Gasteiger partial charge in [0, 0.05) is 0 Å². The van der Waals surface area contributed by atoms with Gasteiger partial charge in [-0.15, -0.1) is 0 Å². The van der Waals surface area contributed by atoms with E-state index < -0.39 is 0 Å². The zero-order chi connectivity index (χ0) is 19.0. The fourth-order valence-electron chi connectivity index (χ4n) is 3.66. The summed E-state index contributed by atoms with van der Waals surface area (Å²) in [5, 5.41) is 0. The van der Waals surface area contributed by atoms with Gasteiger partial charge in [-0.1, -0.05) is 77.9 Å². The van der Waals surface area contributed by atoms with Crippen LogP contribution in [-0.4, -0.2) is 0 Å². The predicted molar refractivity (Wildman–Crippen MR) is 112 cm³/mol. The van der Waals surface area contributed by atoms with Gasteiger partial charge >= 0.3 is 0 Å². The minimum Gasteiger partial charge on any atom is -0.0617 e. The molecule has 0 heterocycles. The Hall–Kier alpha value is -1.56. The Morgan fingerprint density at radius 2 is 1.44 bits per heavy atom. The molecule has 0 bridgehead atoms. The Bertz CT molecular complexity index is 741. The maximum atomic E-state index is 2.42. The molecule has 0 spiro atoms. The van der Waals surface area contributed by atoms with Crippen molar-refractivity contribution in [1.82, 2.24) is 0 Å². The van der Waals surface area contributed by atoms with E-state index in [0.29, 0.717) is 5.92 Å². The molecule has 136 valence electrons. The van der Waals surface area contributed by atoms with Crippen LogP contribution in [0, 0.1) is 31.6 Å². The van der Waals surface area contributed by atoms with Crippen LogP contribution < -0.4 is 0 Å². The number of hydrogen-bond donors (Lipinski definition) is 0. The molecule has 0 aliphatic rings. The lowest BCUT2D eigenvalue weighted by atomic mass is 9.60. The Morgan fingerprint density at radius 3 is 2.00 bits per heavy atom. The highest BCUT2D eigenvalue weighted by atomic mass is 14.4. The van der Waals surface area contributed by atoms with Crippen LogP contribution in [0.2, 0.25) is 0 Å². The molecule has 0 radical (unpaired) electrons. The van der Waals surface area contributed by atoms with Crippen LogP contribution in [0.25, 0.3) is 0 Å². The van der Waals surface area contributed by atoms with Crippen LogP contribution >= 0.6 is 0 Å². The van der Waals surface area contributed by atoms with Crippen molar-refractivity contribution >= 4 is 0 Å². The molecule has 2 aromatic rings. The highest BCUT2D eigenvalue weighted by molar-refractivity contribution is 5.42. The van der Waals surface area contributed by atoms with Gasteiger partial charge < -0.3 is 0 Å². The van der Waals surface area contributed by atoms with Crippen molar-refractivity contribution in [2.45, 2.75) is 74.7 Å². The van der Waals surface area contributed by atoms with E-state index >= 15 is 0 Å². The molecule has 1 unspecified atom stereocenters. The fourth-order valence-corrected chi connectivity index (χ4v) is 3.66. The lowest BCUT2D eigenvalue weighted by molar-refractivity contribution is 0.101. The minimum absolute atomic E-state index is 0.219. The van der Waals surface area contributed by atoms with Crippen LogP contribution in [0.4, 0.5) is 0 Å². The number of rotatable bonds is 4. The van der Waals surface area contributed by atoms with Crippen molar-refractivity contribution in [2.24, 2.45) is 10.8 Å². The van der Waals surface area contributed by atoms with Gasteiger partial charge in [0.05, 0.1) is 0 Å².